The summed E-state index contributed by atoms with van der Waals surface area (Å²) in [7, 11) is 0. The van der Waals surface area contributed by atoms with Crippen molar-refractivity contribution in [3.8, 4) is 5.75 Å². The average Bonchev–Trinajstić information content (AvgIpc) is 3.57. The van der Waals surface area contributed by atoms with E-state index in [2.05, 4.69) is 55.1 Å². The number of carbonyl (C=O) groups excluding carboxylic acids is 2. The van der Waals surface area contributed by atoms with Crippen molar-refractivity contribution in [2.45, 2.75) is 76.5 Å². The Kier molecular flexibility index (Phi) is 10.6. The maximum Gasteiger partial charge on any atom is 0.247 e. The Morgan fingerprint density at radius 3 is 2.47 bits per heavy atom. The van der Waals surface area contributed by atoms with Crippen LogP contribution in [0.1, 0.15) is 68.9 Å². The molecule has 0 radical (unpaired) electrons. The molecule has 49 heavy (non-hydrogen) atoms. The van der Waals surface area contributed by atoms with E-state index in [9.17, 15) is 9.59 Å². The molecule has 3 fully saturated rings. The fourth-order valence-corrected chi connectivity index (χ4v) is 7.71. The molecule has 10 nitrogen and oxygen atoms in total. The average molecular weight is 684 g/mol. The number of rotatable bonds is 9. The lowest BCUT2D eigenvalue weighted by molar-refractivity contribution is -0.137. The van der Waals surface area contributed by atoms with Crippen molar-refractivity contribution in [2.24, 2.45) is 5.92 Å². The van der Waals surface area contributed by atoms with Crippen LogP contribution < -0.4 is 20.7 Å². The highest BCUT2D eigenvalue weighted by Gasteiger charge is 2.31. The second kappa shape index (κ2) is 15.6. The summed E-state index contributed by atoms with van der Waals surface area (Å²) >= 11 is 6.71. The largest absolute Gasteiger partial charge is 0.489 e. The van der Waals surface area contributed by atoms with E-state index in [1.54, 1.807) is 0 Å². The number of piperidine rings is 2. The first-order valence-electron chi connectivity index (χ1n) is 17.9. The summed E-state index contributed by atoms with van der Waals surface area (Å²) in [5, 5.41) is 10.5. The molecule has 3 aliphatic heterocycles. The van der Waals surface area contributed by atoms with Crippen LogP contribution in [0.5, 0.6) is 5.75 Å². The van der Waals surface area contributed by atoms with Gasteiger partial charge in [0.2, 0.25) is 11.8 Å². The summed E-state index contributed by atoms with van der Waals surface area (Å²) in [5.41, 5.74) is 3.51. The minimum absolute atomic E-state index is 0.0178. The second-order valence-electron chi connectivity index (χ2n) is 13.7. The predicted molar refractivity (Wildman–Crippen MR) is 193 cm³/mol. The molecule has 0 spiro atoms. The van der Waals surface area contributed by atoms with Crippen LogP contribution in [0.2, 0.25) is 5.02 Å². The molecule has 0 bridgehead atoms. The Bertz CT molecular complexity index is 1650. The van der Waals surface area contributed by atoms with E-state index < -0.39 is 0 Å². The fraction of sp³-hybridized carbons (Fsp3) is 0.474. The summed E-state index contributed by atoms with van der Waals surface area (Å²) < 4.78 is 6.30. The smallest absolute Gasteiger partial charge is 0.247 e. The molecule has 3 N–H and O–H groups in total. The van der Waals surface area contributed by atoms with Gasteiger partial charge < -0.3 is 25.6 Å². The predicted octanol–water partition coefficient (Wildman–Crippen LogP) is 6.41. The van der Waals surface area contributed by atoms with Crippen LogP contribution in [0.15, 0.2) is 60.4 Å². The van der Waals surface area contributed by atoms with Crippen LogP contribution in [0, 0.1) is 5.92 Å². The highest BCUT2D eigenvalue weighted by Crippen LogP contribution is 2.34. The minimum atomic E-state index is -0.0377. The molecule has 0 atom stereocenters. The molecule has 1 aliphatic carbocycles. The topological polar surface area (TPSA) is 112 Å². The van der Waals surface area contributed by atoms with E-state index in [0.717, 1.165) is 82.5 Å². The Hall–Kier alpha value is -4.15. The Labute approximate surface area is 293 Å². The molecule has 1 saturated carbocycles. The number of nitrogens with one attached hydrogen (secondary N) is 3. The zero-order valence-electron chi connectivity index (χ0n) is 28.0. The molecule has 7 rings (SSSR count). The zero-order valence-corrected chi connectivity index (χ0v) is 28.8. The highest BCUT2D eigenvalue weighted by atomic mass is 35.5. The van der Waals surface area contributed by atoms with E-state index in [1.807, 2.05) is 35.2 Å². The first kappa shape index (κ1) is 33.4. The molecular formula is C38H46ClN7O3. The van der Waals surface area contributed by atoms with Crippen molar-refractivity contribution < 1.29 is 14.3 Å². The summed E-state index contributed by atoms with van der Waals surface area (Å²) in [4.78, 5) is 39.8. The number of anilines is 3. The molecule has 2 aromatic carbocycles. The lowest BCUT2D eigenvalue weighted by Crippen LogP contribution is -2.44. The third-order valence-electron chi connectivity index (χ3n) is 10.3. The highest BCUT2D eigenvalue weighted by molar-refractivity contribution is 6.32. The van der Waals surface area contributed by atoms with Crippen LogP contribution >= 0.6 is 11.6 Å². The quantitative estimate of drug-likeness (QED) is 0.237. The van der Waals surface area contributed by atoms with Crippen molar-refractivity contribution in [1.29, 1.82) is 0 Å². The lowest BCUT2D eigenvalue weighted by Gasteiger charge is -2.33. The minimum Gasteiger partial charge on any atom is -0.489 e. The molecule has 4 aliphatic rings. The van der Waals surface area contributed by atoms with Gasteiger partial charge in [0.15, 0.2) is 0 Å². The summed E-state index contributed by atoms with van der Waals surface area (Å²) in [6.45, 7) is 4.91. The number of fused-ring (bicyclic) bond motifs is 1. The summed E-state index contributed by atoms with van der Waals surface area (Å²) in [5.74, 6) is 2.39. The van der Waals surface area contributed by atoms with Crippen molar-refractivity contribution in [2.75, 3.05) is 43.4 Å². The van der Waals surface area contributed by atoms with Gasteiger partial charge in [0, 0.05) is 75.3 Å². The Morgan fingerprint density at radius 1 is 0.939 bits per heavy atom. The zero-order chi connectivity index (χ0) is 33.6. The summed E-state index contributed by atoms with van der Waals surface area (Å²) in [6.07, 6.45) is 11.9. The van der Waals surface area contributed by atoms with Gasteiger partial charge in [-0.15, -0.1) is 0 Å². The van der Waals surface area contributed by atoms with Crippen LogP contribution in [-0.2, 0) is 16.1 Å². The number of hydrogen-bond acceptors (Lipinski definition) is 8. The number of halogens is 1. The van der Waals surface area contributed by atoms with E-state index in [1.165, 1.54) is 24.7 Å². The van der Waals surface area contributed by atoms with Gasteiger partial charge in [0.05, 0.1) is 10.6 Å². The van der Waals surface area contributed by atoms with Gasteiger partial charge >= 0.3 is 0 Å². The van der Waals surface area contributed by atoms with Crippen LogP contribution in [0.4, 0.5) is 17.3 Å². The molecule has 2 saturated heterocycles. The number of carbonyl (C=O) groups is 2. The Balaban J connectivity index is 0.949. The monoisotopic (exact) mass is 683 g/mol. The molecular weight excluding hydrogens is 638 g/mol. The van der Waals surface area contributed by atoms with E-state index >= 15 is 0 Å². The number of aromatic nitrogens is 2. The van der Waals surface area contributed by atoms with Gasteiger partial charge in [-0.1, -0.05) is 54.8 Å². The lowest BCUT2D eigenvalue weighted by atomic mass is 10.0. The van der Waals surface area contributed by atoms with Crippen LogP contribution in [0.25, 0.3) is 6.08 Å². The first-order valence-corrected chi connectivity index (χ1v) is 18.2. The maximum atomic E-state index is 13.5. The number of benzene rings is 2. The molecule has 11 heteroatoms. The van der Waals surface area contributed by atoms with E-state index in [0.29, 0.717) is 46.9 Å². The van der Waals surface area contributed by atoms with Gasteiger partial charge in [0.1, 0.15) is 29.8 Å². The molecule has 1 aromatic heterocycles. The fourth-order valence-electron chi connectivity index (χ4n) is 7.48. The van der Waals surface area contributed by atoms with Gasteiger partial charge in [-0.2, -0.15) is 0 Å². The van der Waals surface area contributed by atoms with Crippen LogP contribution in [-0.4, -0.2) is 76.5 Å². The molecule has 3 aromatic rings. The SMILES string of the molecule is O=C(NC1CCN(Cc2ccccc2)CC1)C1=Cc2c(ncnc2Nc2ccc(OC3CCN(C(=O)C4CCCC4)CC3)c(Cl)c2)NCC1. The van der Waals surface area contributed by atoms with Gasteiger partial charge in [-0.25, -0.2) is 9.97 Å². The van der Waals surface area contributed by atoms with E-state index in [-0.39, 0.29) is 24.0 Å². The number of hydrogen-bond donors (Lipinski definition) is 3. The van der Waals surface area contributed by atoms with Gasteiger partial charge in [-0.05, 0) is 61.9 Å². The third kappa shape index (κ3) is 8.36. The standard InChI is InChI=1S/C38H46ClN7O3/c39-33-23-30(10-11-34(33)49-31-15-20-46(21-16-31)38(48)27-8-4-5-9-27)43-36-32-22-28(12-17-40-35(32)41-25-42-36)37(47)44-29-13-18-45(19-14-29)24-26-6-2-1-3-7-26/h1-3,6-7,10-11,22-23,25,27,29,31H,4-5,8-9,12-21,24H2,(H,44,47)(H2,40,41,42,43). The van der Waals surface area contributed by atoms with Crippen molar-refractivity contribution >= 4 is 46.8 Å². The van der Waals surface area contributed by atoms with Crippen LogP contribution in [0.3, 0.4) is 0 Å². The number of nitrogens with zero attached hydrogens (tertiary/aromatic N) is 4. The molecule has 4 heterocycles. The Morgan fingerprint density at radius 2 is 1.71 bits per heavy atom. The molecule has 2 amide bonds. The maximum absolute atomic E-state index is 13.5. The van der Waals surface area contributed by atoms with Crippen molar-refractivity contribution in [3.05, 3.63) is 76.6 Å². The first-order chi connectivity index (χ1) is 24.0. The van der Waals surface area contributed by atoms with Gasteiger partial charge in [-0.3, -0.25) is 14.5 Å². The summed E-state index contributed by atoms with van der Waals surface area (Å²) in [6, 6.07) is 16.3. The molecule has 0 unspecified atom stereocenters. The van der Waals surface area contributed by atoms with E-state index in [4.69, 9.17) is 16.3 Å². The second-order valence-corrected chi connectivity index (χ2v) is 14.1. The van der Waals surface area contributed by atoms with Gasteiger partial charge in [0.25, 0.3) is 0 Å². The molecule has 258 valence electrons. The normalized spacial score (nSPS) is 19.4. The number of amides is 2. The van der Waals surface area contributed by atoms with Crippen molar-refractivity contribution in [1.82, 2.24) is 25.1 Å². The number of ether oxygens (including phenoxy) is 1. The third-order valence-corrected chi connectivity index (χ3v) is 10.6. The number of likely N-dealkylation sites (tertiary alicyclic amines) is 2. The van der Waals surface area contributed by atoms with Crippen molar-refractivity contribution in [3.63, 3.8) is 0 Å².